The van der Waals surface area contributed by atoms with Crippen LogP contribution in [0.5, 0.6) is 0 Å². The molecule has 0 aliphatic carbocycles. The van der Waals surface area contributed by atoms with Crippen molar-refractivity contribution in [2.45, 2.75) is 6.04 Å². The van der Waals surface area contributed by atoms with Crippen molar-refractivity contribution in [2.75, 3.05) is 6.54 Å². The van der Waals surface area contributed by atoms with Crippen LogP contribution in [0.4, 0.5) is 4.79 Å². The molecule has 0 unspecified atom stereocenters. The molecule has 0 saturated carbocycles. The molecular weight excluding hydrogens is 260 g/mol. The van der Waals surface area contributed by atoms with Gasteiger partial charge in [0, 0.05) is 18.3 Å². The number of rotatable bonds is 1. The van der Waals surface area contributed by atoms with Gasteiger partial charge in [0.2, 0.25) is 0 Å². The topological polar surface area (TPSA) is 54.0 Å². The third-order valence-corrected chi connectivity index (χ3v) is 3.15. The van der Waals surface area contributed by atoms with Crippen LogP contribution in [0, 0.1) is 0 Å². The lowest BCUT2D eigenvalue weighted by Gasteiger charge is -2.13. The highest BCUT2D eigenvalue weighted by Crippen LogP contribution is 2.34. The van der Waals surface area contributed by atoms with Crippen LogP contribution in [0.3, 0.4) is 0 Å². The molecule has 2 rings (SSSR count). The predicted octanol–water partition coefficient (Wildman–Crippen LogP) is 2.40. The Morgan fingerprint density at radius 1 is 1.40 bits per heavy atom. The second kappa shape index (κ2) is 4.04. The van der Waals surface area contributed by atoms with Gasteiger partial charge < -0.3 is 10.6 Å². The highest BCUT2D eigenvalue weighted by molar-refractivity contribution is 6.43. The van der Waals surface area contributed by atoms with E-state index in [0.717, 1.165) is 0 Å². The van der Waals surface area contributed by atoms with Crippen molar-refractivity contribution >= 4 is 40.8 Å². The summed E-state index contributed by atoms with van der Waals surface area (Å²) < 4.78 is 0. The highest BCUT2D eigenvalue weighted by Gasteiger charge is 2.27. The zero-order valence-electron chi connectivity index (χ0n) is 7.35. The summed E-state index contributed by atoms with van der Waals surface area (Å²) in [6.07, 6.45) is 1.41. The molecule has 1 saturated heterocycles. The Hall–Kier alpha value is -0.710. The van der Waals surface area contributed by atoms with Crippen LogP contribution in [0.1, 0.15) is 11.6 Å². The van der Waals surface area contributed by atoms with E-state index in [1.54, 1.807) is 0 Å². The fourth-order valence-corrected chi connectivity index (χ4v) is 2.16. The van der Waals surface area contributed by atoms with E-state index in [1.807, 2.05) is 0 Å². The Morgan fingerprint density at radius 2 is 2.13 bits per heavy atom. The van der Waals surface area contributed by atoms with E-state index in [-0.39, 0.29) is 22.2 Å². The summed E-state index contributed by atoms with van der Waals surface area (Å²) in [7, 11) is 0. The van der Waals surface area contributed by atoms with Crippen molar-refractivity contribution < 1.29 is 4.79 Å². The Balaban J connectivity index is 2.43. The number of carbonyl (C=O) groups is 1. The molecule has 15 heavy (non-hydrogen) atoms. The molecule has 1 aliphatic heterocycles. The Morgan fingerprint density at radius 3 is 2.73 bits per heavy atom. The van der Waals surface area contributed by atoms with Gasteiger partial charge in [-0.3, -0.25) is 0 Å². The number of pyridine rings is 1. The number of nitrogens with one attached hydrogen (secondary N) is 2. The minimum absolute atomic E-state index is 0.178. The average Bonchev–Trinajstić information content (AvgIpc) is 2.59. The second-order valence-electron chi connectivity index (χ2n) is 3.03. The molecule has 2 N–H and O–H groups in total. The van der Waals surface area contributed by atoms with Crippen molar-refractivity contribution in [3.8, 4) is 0 Å². The normalized spacial score (nSPS) is 19.9. The van der Waals surface area contributed by atoms with E-state index in [0.29, 0.717) is 17.1 Å². The molecule has 0 bridgehead atoms. The molecule has 1 aromatic rings. The summed E-state index contributed by atoms with van der Waals surface area (Å²) in [5.41, 5.74) is 0.594. The summed E-state index contributed by atoms with van der Waals surface area (Å²) in [5.74, 6) is 0. The Kier molecular flexibility index (Phi) is 2.91. The number of nitrogens with zero attached hydrogens (tertiary/aromatic N) is 1. The number of amides is 2. The van der Waals surface area contributed by atoms with Gasteiger partial charge in [-0.25, -0.2) is 9.78 Å². The van der Waals surface area contributed by atoms with Crippen LogP contribution < -0.4 is 10.6 Å². The van der Waals surface area contributed by atoms with Crippen LogP contribution in [0.25, 0.3) is 0 Å². The van der Waals surface area contributed by atoms with Gasteiger partial charge in [0.1, 0.15) is 5.15 Å². The lowest BCUT2D eigenvalue weighted by molar-refractivity contribution is 0.247. The largest absolute Gasteiger partial charge is 0.336 e. The molecular formula is C8H6Cl3N3O. The third kappa shape index (κ3) is 1.97. The van der Waals surface area contributed by atoms with Crippen molar-refractivity contribution in [1.82, 2.24) is 15.6 Å². The molecule has 1 aliphatic rings. The maximum atomic E-state index is 11.0. The minimum atomic E-state index is -0.266. The first-order valence-electron chi connectivity index (χ1n) is 4.13. The van der Waals surface area contributed by atoms with E-state index in [9.17, 15) is 4.79 Å². The molecule has 0 spiro atoms. The molecule has 7 heteroatoms. The zero-order chi connectivity index (χ0) is 11.0. The number of hydrogen-bond acceptors (Lipinski definition) is 2. The Labute approximate surface area is 101 Å². The summed E-state index contributed by atoms with van der Waals surface area (Å²) in [5, 5.41) is 6.13. The van der Waals surface area contributed by atoms with E-state index < -0.39 is 0 Å². The van der Waals surface area contributed by atoms with Gasteiger partial charge in [0.15, 0.2) is 0 Å². The quantitative estimate of drug-likeness (QED) is 0.767. The van der Waals surface area contributed by atoms with Gasteiger partial charge in [-0.05, 0) is 0 Å². The predicted molar refractivity (Wildman–Crippen MR) is 58.5 cm³/mol. The van der Waals surface area contributed by atoms with Crippen molar-refractivity contribution in [3.63, 3.8) is 0 Å². The minimum Gasteiger partial charge on any atom is -0.336 e. The summed E-state index contributed by atoms with van der Waals surface area (Å²) in [4.78, 5) is 14.8. The Bertz CT molecular complexity index is 424. The molecule has 1 fully saturated rings. The second-order valence-corrected chi connectivity index (χ2v) is 4.17. The van der Waals surface area contributed by atoms with Crippen LogP contribution in [0.2, 0.25) is 15.2 Å². The lowest BCUT2D eigenvalue weighted by atomic mass is 10.1. The van der Waals surface area contributed by atoms with Gasteiger partial charge in [0.25, 0.3) is 0 Å². The standard InChI is InChI=1S/C8H6Cl3N3O/c9-3-1-12-7(11)6(10)5(3)4-2-13-8(15)14-4/h1,4H,2H2,(H2,13,14,15)/t4-/m0/s1. The number of aromatic nitrogens is 1. The molecule has 2 heterocycles. The van der Waals surface area contributed by atoms with Crippen molar-refractivity contribution in [2.24, 2.45) is 0 Å². The maximum absolute atomic E-state index is 11.0. The molecule has 4 nitrogen and oxygen atoms in total. The van der Waals surface area contributed by atoms with E-state index >= 15 is 0 Å². The molecule has 80 valence electrons. The van der Waals surface area contributed by atoms with Crippen molar-refractivity contribution in [1.29, 1.82) is 0 Å². The number of carbonyl (C=O) groups excluding carboxylic acids is 1. The first-order valence-corrected chi connectivity index (χ1v) is 5.26. The molecule has 1 atom stereocenters. The van der Waals surface area contributed by atoms with Crippen LogP contribution >= 0.6 is 34.8 Å². The SMILES string of the molecule is O=C1NC[C@@H](c2c(Cl)cnc(Cl)c2Cl)N1. The zero-order valence-corrected chi connectivity index (χ0v) is 9.62. The number of halogens is 3. The van der Waals surface area contributed by atoms with E-state index in [2.05, 4.69) is 15.6 Å². The monoisotopic (exact) mass is 265 g/mol. The van der Waals surface area contributed by atoms with Gasteiger partial charge >= 0.3 is 6.03 Å². The van der Waals surface area contributed by atoms with Gasteiger partial charge in [0.05, 0.1) is 16.1 Å². The first-order chi connectivity index (χ1) is 7.09. The molecule has 1 aromatic heterocycles. The van der Waals surface area contributed by atoms with Crippen LogP contribution in [-0.4, -0.2) is 17.6 Å². The first kappa shape index (κ1) is 10.8. The fourth-order valence-electron chi connectivity index (χ4n) is 1.40. The van der Waals surface area contributed by atoms with Crippen LogP contribution in [0.15, 0.2) is 6.20 Å². The van der Waals surface area contributed by atoms with Gasteiger partial charge in [-0.1, -0.05) is 34.8 Å². The number of hydrogen-bond donors (Lipinski definition) is 2. The maximum Gasteiger partial charge on any atom is 0.315 e. The fraction of sp³-hybridized carbons (Fsp3) is 0.250. The highest BCUT2D eigenvalue weighted by atomic mass is 35.5. The molecule has 2 amide bonds. The molecule has 0 aromatic carbocycles. The van der Waals surface area contributed by atoms with Gasteiger partial charge in [-0.15, -0.1) is 0 Å². The van der Waals surface area contributed by atoms with Crippen LogP contribution in [-0.2, 0) is 0 Å². The van der Waals surface area contributed by atoms with Gasteiger partial charge in [-0.2, -0.15) is 0 Å². The third-order valence-electron chi connectivity index (χ3n) is 2.09. The summed E-state index contributed by atoms with van der Waals surface area (Å²) in [6.45, 7) is 0.429. The smallest absolute Gasteiger partial charge is 0.315 e. The van der Waals surface area contributed by atoms with E-state index in [4.69, 9.17) is 34.8 Å². The van der Waals surface area contributed by atoms with Crippen molar-refractivity contribution in [3.05, 3.63) is 27.0 Å². The average molecular weight is 267 g/mol. The summed E-state index contributed by atoms with van der Waals surface area (Å²) in [6, 6.07) is -0.516. The number of urea groups is 1. The van der Waals surface area contributed by atoms with E-state index in [1.165, 1.54) is 6.20 Å². The summed E-state index contributed by atoms with van der Waals surface area (Å²) >= 11 is 17.7. The lowest BCUT2D eigenvalue weighted by Crippen LogP contribution is -2.22. The molecule has 0 radical (unpaired) electrons.